The van der Waals surface area contributed by atoms with Crippen molar-refractivity contribution in [2.24, 2.45) is 5.92 Å². The highest BCUT2D eigenvalue weighted by Crippen LogP contribution is 2.51. The number of aromatic amines is 1. The average molecular weight is 562 g/mol. The molecule has 1 saturated heterocycles. The number of H-pyrrole nitrogens is 1. The van der Waals surface area contributed by atoms with Gasteiger partial charge in [0.05, 0.1) is 4.47 Å². The zero-order chi connectivity index (χ0) is 26.2. The van der Waals surface area contributed by atoms with Crippen LogP contribution >= 0.6 is 15.9 Å². The Kier molecular flexibility index (Phi) is 7.36. The Morgan fingerprint density at radius 2 is 1.89 bits per heavy atom. The number of amides is 2. The number of aromatic nitrogens is 1. The number of carboxylic acid groups (broad SMARTS) is 1. The molecule has 0 unspecified atom stereocenters. The maximum absolute atomic E-state index is 13.2. The molecule has 3 N–H and O–H groups in total. The smallest absolute Gasteiger partial charge is 0.407 e. The first kappa shape index (κ1) is 26.1. The SMILES string of the molecule is CCCc1cc(C)[nH]c(=O)c1CNC(=O)c1cc(Br)c2c(c1C)O[C@@](C)(C1CCN(C(=O)O)CC1)O2. The number of ether oxygens (including phenoxy) is 2. The summed E-state index contributed by atoms with van der Waals surface area (Å²) in [5.41, 5.74) is 3.18. The fourth-order valence-electron chi connectivity index (χ4n) is 5.08. The second-order valence-electron chi connectivity index (χ2n) is 9.67. The number of carbonyl (C=O) groups excluding carboxylic acids is 1. The predicted octanol–water partition coefficient (Wildman–Crippen LogP) is 4.51. The molecule has 9 nitrogen and oxygen atoms in total. The van der Waals surface area contributed by atoms with Gasteiger partial charge in [-0.25, -0.2) is 4.79 Å². The molecule has 1 fully saturated rings. The molecular weight excluding hydrogens is 530 g/mol. The third-order valence-corrected chi connectivity index (χ3v) is 7.70. The second-order valence-corrected chi connectivity index (χ2v) is 10.5. The van der Waals surface area contributed by atoms with Gasteiger partial charge in [0, 0.05) is 54.9 Å². The monoisotopic (exact) mass is 561 g/mol. The lowest BCUT2D eigenvalue weighted by Gasteiger charge is -2.37. The first-order valence-electron chi connectivity index (χ1n) is 12.2. The van der Waals surface area contributed by atoms with Crippen LogP contribution in [0.3, 0.4) is 0 Å². The number of pyridine rings is 1. The number of aryl methyl sites for hydroxylation is 2. The zero-order valence-electron chi connectivity index (χ0n) is 21.0. The Bertz CT molecular complexity index is 1250. The van der Waals surface area contributed by atoms with Crippen molar-refractivity contribution in [3.8, 4) is 11.5 Å². The van der Waals surface area contributed by atoms with Gasteiger partial charge in [-0.1, -0.05) is 13.3 Å². The number of nitrogens with zero attached hydrogens (tertiary/aromatic N) is 1. The van der Waals surface area contributed by atoms with E-state index in [-0.39, 0.29) is 23.9 Å². The number of benzene rings is 1. The Morgan fingerprint density at radius 3 is 2.53 bits per heavy atom. The summed E-state index contributed by atoms with van der Waals surface area (Å²) in [7, 11) is 0. The van der Waals surface area contributed by atoms with Gasteiger partial charge in [-0.3, -0.25) is 9.59 Å². The minimum Gasteiger partial charge on any atom is -0.465 e. The predicted molar refractivity (Wildman–Crippen MR) is 138 cm³/mol. The van der Waals surface area contributed by atoms with Crippen LogP contribution in [0.15, 0.2) is 21.4 Å². The molecule has 194 valence electrons. The minimum absolute atomic E-state index is 0.00525. The van der Waals surface area contributed by atoms with E-state index >= 15 is 0 Å². The zero-order valence-corrected chi connectivity index (χ0v) is 22.6. The molecule has 1 aromatic heterocycles. The van der Waals surface area contributed by atoms with Crippen LogP contribution in [0.4, 0.5) is 4.79 Å². The van der Waals surface area contributed by atoms with Crippen LogP contribution in [-0.4, -0.2) is 45.9 Å². The summed E-state index contributed by atoms with van der Waals surface area (Å²) < 4.78 is 13.2. The Hall–Kier alpha value is -3.01. The Labute approximate surface area is 218 Å². The molecular formula is C26H32BrN3O6. The molecule has 1 aromatic carbocycles. The molecule has 0 saturated carbocycles. The molecule has 1 atom stereocenters. The Morgan fingerprint density at radius 1 is 1.22 bits per heavy atom. The average Bonchev–Trinajstić information content (AvgIpc) is 3.20. The van der Waals surface area contributed by atoms with E-state index in [2.05, 4.69) is 33.2 Å². The molecule has 4 rings (SSSR count). The van der Waals surface area contributed by atoms with Crippen LogP contribution in [0.25, 0.3) is 0 Å². The fourth-order valence-corrected chi connectivity index (χ4v) is 5.57. The quantitative estimate of drug-likeness (QED) is 0.477. The van der Waals surface area contributed by atoms with Gasteiger partial charge in [0.2, 0.25) is 0 Å². The summed E-state index contributed by atoms with van der Waals surface area (Å²) in [4.78, 5) is 41.2. The summed E-state index contributed by atoms with van der Waals surface area (Å²) in [6.07, 6.45) is 1.97. The molecule has 2 aromatic rings. The van der Waals surface area contributed by atoms with Gasteiger partial charge in [-0.2, -0.15) is 0 Å². The lowest BCUT2D eigenvalue weighted by atomic mass is 9.89. The molecule has 2 aliphatic rings. The van der Waals surface area contributed by atoms with Crippen molar-refractivity contribution < 1.29 is 24.2 Å². The van der Waals surface area contributed by atoms with Gasteiger partial charge in [0.15, 0.2) is 11.5 Å². The van der Waals surface area contributed by atoms with Crippen molar-refractivity contribution in [2.75, 3.05) is 13.1 Å². The number of hydrogen-bond donors (Lipinski definition) is 3. The number of rotatable bonds is 6. The van der Waals surface area contributed by atoms with E-state index < -0.39 is 11.9 Å². The third kappa shape index (κ3) is 4.96. The van der Waals surface area contributed by atoms with Crippen molar-refractivity contribution in [3.05, 3.63) is 54.9 Å². The first-order chi connectivity index (χ1) is 17.0. The van der Waals surface area contributed by atoms with E-state index in [9.17, 15) is 19.5 Å². The number of likely N-dealkylation sites (tertiary alicyclic amines) is 1. The second kappa shape index (κ2) is 10.2. The fraction of sp³-hybridized carbons (Fsp3) is 0.500. The summed E-state index contributed by atoms with van der Waals surface area (Å²) in [5, 5.41) is 12.1. The summed E-state index contributed by atoms with van der Waals surface area (Å²) in [5.74, 6) is -0.246. The number of piperidine rings is 1. The lowest BCUT2D eigenvalue weighted by molar-refractivity contribution is -0.123. The van der Waals surface area contributed by atoms with E-state index in [0.29, 0.717) is 58.6 Å². The number of hydrogen-bond acceptors (Lipinski definition) is 5. The van der Waals surface area contributed by atoms with Gasteiger partial charge in [-0.05, 0) is 66.7 Å². The van der Waals surface area contributed by atoms with E-state index in [4.69, 9.17) is 9.47 Å². The van der Waals surface area contributed by atoms with E-state index in [1.54, 1.807) is 6.07 Å². The molecule has 0 aliphatic carbocycles. The van der Waals surface area contributed by atoms with Gasteiger partial charge in [0.25, 0.3) is 17.3 Å². The molecule has 0 spiro atoms. The maximum Gasteiger partial charge on any atom is 0.407 e. The molecule has 2 amide bonds. The third-order valence-electron chi connectivity index (χ3n) is 7.11. The van der Waals surface area contributed by atoms with Crippen molar-refractivity contribution >= 4 is 27.9 Å². The van der Waals surface area contributed by atoms with Crippen LogP contribution in [0.5, 0.6) is 11.5 Å². The molecule has 0 radical (unpaired) electrons. The highest BCUT2D eigenvalue weighted by atomic mass is 79.9. The van der Waals surface area contributed by atoms with E-state index in [0.717, 1.165) is 24.1 Å². The van der Waals surface area contributed by atoms with Crippen LogP contribution in [0.1, 0.15) is 65.9 Å². The van der Waals surface area contributed by atoms with Crippen LogP contribution in [0.2, 0.25) is 0 Å². The van der Waals surface area contributed by atoms with Crippen molar-refractivity contribution in [3.63, 3.8) is 0 Å². The normalized spacial score (nSPS) is 19.4. The molecule has 36 heavy (non-hydrogen) atoms. The molecule has 3 heterocycles. The first-order valence-corrected chi connectivity index (χ1v) is 13.0. The number of nitrogens with one attached hydrogen (secondary N) is 2. The summed E-state index contributed by atoms with van der Waals surface area (Å²) in [6, 6.07) is 3.66. The van der Waals surface area contributed by atoms with Crippen molar-refractivity contribution in [2.45, 2.75) is 65.7 Å². The highest BCUT2D eigenvalue weighted by Gasteiger charge is 2.47. The van der Waals surface area contributed by atoms with E-state index in [1.807, 2.05) is 26.8 Å². The summed E-state index contributed by atoms with van der Waals surface area (Å²) in [6.45, 7) is 8.53. The largest absolute Gasteiger partial charge is 0.465 e. The van der Waals surface area contributed by atoms with Crippen LogP contribution in [-0.2, 0) is 13.0 Å². The standard InChI is InChI=1S/C26H32BrN3O6/c1-5-6-16-11-14(2)29-24(32)19(16)13-28-23(31)18-12-20(27)22-21(15(18)3)35-26(4,36-22)17-7-9-30(10-8-17)25(33)34/h11-12,17H,5-10,13H2,1-4H3,(H,28,31)(H,29,32)(H,33,34)/t26-/m1/s1. The van der Waals surface area contributed by atoms with Crippen molar-refractivity contribution in [1.82, 2.24) is 15.2 Å². The molecule has 10 heteroatoms. The topological polar surface area (TPSA) is 121 Å². The minimum atomic E-state index is -0.959. The van der Waals surface area contributed by atoms with Crippen LogP contribution in [0, 0.1) is 19.8 Å². The Balaban J connectivity index is 1.52. The number of carbonyl (C=O) groups is 2. The molecule has 2 aliphatic heterocycles. The highest BCUT2D eigenvalue weighted by molar-refractivity contribution is 9.10. The maximum atomic E-state index is 13.2. The van der Waals surface area contributed by atoms with Gasteiger partial charge < -0.3 is 29.8 Å². The van der Waals surface area contributed by atoms with Gasteiger partial charge >= 0.3 is 6.09 Å². The van der Waals surface area contributed by atoms with Gasteiger partial charge in [0.1, 0.15) is 0 Å². The lowest BCUT2D eigenvalue weighted by Crippen LogP contribution is -2.49. The summed E-state index contributed by atoms with van der Waals surface area (Å²) >= 11 is 3.53. The number of fused-ring (bicyclic) bond motifs is 1. The van der Waals surface area contributed by atoms with Crippen LogP contribution < -0.4 is 20.3 Å². The van der Waals surface area contributed by atoms with Crippen molar-refractivity contribution in [1.29, 1.82) is 0 Å². The molecule has 0 bridgehead atoms. The van der Waals surface area contributed by atoms with E-state index in [1.165, 1.54) is 4.90 Å². The van der Waals surface area contributed by atoms with Gasteiger partial charge in [-0.15, -0.1) is 0 Å². The number of halogens is 1.